The predicted octanol–water partition coefficient (Wildman–Crippen LogP) is -1.51. The number of pyridine rings is 1. The largest absolute Gasteiger partial charge is 0.548 e. The quantitative estimate of drug-likeness (QED) is 0.602. The van der Waals surface area contributed by atoms with E-state index in [4.69, 9.17) is 0 Å². The minimum absolute atomic E-state index is 0.360. The molecule has 0 N–H and O–H groups in total. The van der Waals surface area contributed by atoms with E-state index in [1.54, 1.807) is 24.5 Å². The summed E-state index contributed by atoms with van der Waals surface area (Å²) in [5.41, 5.74) is 0.731. The summed E-state index contributed by atoms with van der Waals surface area (Å²) in [6.07, 6.45) is 3.18. The van der Waals surface area contributed by atoms with Crippen molar-refractivity contribution >= 4 is 5.97 Å². The summed E-state index contributed by atoms with van der Waals surface area (Å²) in [5.74, 6) is -0.896. The normalized spacial score (nSPS) is 10.1. The highest BCUT2D eigenvalue weighted by Crippen LogP contribution is 2.10. The van der Waals surface area contributed by atoms with Gasteiger partial charge in [0.1, 0.15) is 6.54 Å². The molecular weight excluding hydrogens is 198 g/mol. The number of nitrogens with zero attached hydrogens (tertiary/aromatic N) is 5. The Morgan fingerprint density at radius 1 is 1.40 bits per heavy atom. The zero-order valence-corrected chi connectivity index (χ0v) is 7.57. The summed E-state index contributed by atoms with van der Waals surface area (Å²) in [7, 11) is 0. The Hall–Kier alpha value is -2.31. The van der Waals surface area contributed by atoms with Crippen LogP contribution in [0.4, 0.5) is 0 Å². The molecule has 0 spiro atoms. The van der Waals surface area contributed by atoms with Crippen molar-refractivity contribution in [1.82, 2.24) is 25.2 Å². The van der Waals surface area contributed by atoms with Gasteiger partial charge in [0.25, 0.3) is 0 Å². The molecule has 7 nitrogen and oxygen atoms in total. The lowest BCUT2D eigenvalue weighted by atomic mass is 10.3. The summed E-state index contributed by atoms with van der Waals surface area (Å²) in [6, 6.07) is 3.42. The summed E-state index contributed by atoms with van der Waals surface area (Å²) in [4.78, 5) is 15.1. The van der Waals surface area contributed by atoms with Gasteiger partial charge in [0.2, 0.25) is 5.82 Å². The maximum absolute atomic E-state index is 10.3. The Bertz CT molecular complexity index is 467. The number of carbonyl (C=O) groups excluding carboxylic acids is 1. The van der Waals surface area contributed by atoms with Gasteiger partial charge < -0.3 is 9.90 Å². The highest BCUT2D eigenvalue weighted by atomic mass is 16.4. The first-order valence-corrected chi connectivity index (χ1v) is 4.14. The molecule has 0 unspecified atom stereocenters. The number of rotatable bonds is 3. The highest BCUT2D eigenvalue weighted by Gasteiger charge is 2.04. The van der Waals surface area contributed by atoms with E-state index >= 15 is 0 Å². The number of hydrogen-bond donors (Lipinski definition) is 0. The zero-order chi connectivity index (χ0) is 10.7. The zero-order valence-electron chi connectivity index (χ0n) is 7.57. The number of carboxylic acids is 1. The third kappa shape index (κ3) is 2.13. The van der Waals surface area contributed by atoms with E-state index in [2.05, 4.69) is 20.4 Å². The summed E-state index contributed by atoms with van der Waals surface area (Å²) >= 11 is 0. The fourth-order valence-electron chi connectivity index (χ4n) is 1.04. The second kappa shape index (κ2) is 3.82. The van der Waals surface area contributed by atoms with Crippen LogP contribution in [0.15, 0.2) is 24.5 Å². The molecule has 2 aromatic rings. The molecule has 7 heteroatoms. The van der Waals surface area contributed by atoms with Gasteiger partial charge in [-0.05, 0) is 17.3 Å². The number of carboxylic acid groups (broad SMARTS) is 1. The minimum atomic E-state index is -1.26. The third-order valence-electron chi connectivity index (χ3n) is 1.66. The third-order valence-corrected chi connectivity index (χ3v) is 1.66. The molecule has 0 radical (unpaired) electrons. The monoisotopic (exact) mass is 204 g/mol. The van der Waals surface area contributed by atoms with E-state index in [-0.39, 0.29) is 0 Å². The van der Waals surface area contributed by atoms with E-state index in [1.807, 2.05) is 0 Å². The van der Waals surface area contributed by atoms with Gasteiger partial charge in [0.15, 0.2) is 0 Å². The van der Waals surface area contributed by atoms with Crippen molar-refractivity contribution in [3.8, 4) is 11.4 Å². The number of aliphatic carboxylic acids is 1. The van der Waals surface area contributed by atoms with Gasteiger partial charge in [0.05, 0.1) is 5.97 Å². The van der Waals surface area contributed by atoms with Crippen molar-refractivity contribution < 1.29 is 9.90 Å². The molecule has 2 aromatic heterocycles. The summed E-state index contributed by atoms with van der Waals surface area (Å²) in [5, 5.41) is 21.4. The molecule has 2 rings (SSSR count). The second-order valence-electron chi connectivity index (χ2n) is 2.75. The lowest BCUT2D eigenvalue weighted by molar-refractivity contribution is -0.307. The number of carbonyl (C=O) groups is 1. The van der Waals surface area contributed by atoms with Crippen molar-refractivity contribution in [3.63, 3.8) is 0 Å². The molecule has 0 amide bonds. The maximum atomic E-state index is 10.3. The molecule has 0 aliphatic rings. The summed E-state index contributed by atoms with van der Waals surface area (Å²) in [6.45, 7) is -0.405. The molecular formula is C8H6N5O2-. The van der Waals surface area contributed by atoms with E-state index in [0.717, 1.165) is 10.4 Å². The van der Waals surface area contributed by atoms with Crippen LogP contribution >= 0.6 is 0 Å². The minimum Gasteiger partial charge on any atom is -0.548 e. The number of tetrazole rings is 1. The van der Waals surface area contributed by atoms with Crippen LogP contribution in [0.2, 0.25) is 0 Å². The molecule has 0 atom stereocenters. The molecule has 0 bridgehead atoms. The SMILES string of the molecule is O=C([O-])Cn1nnc(-c2ccncc2)n1. The first kappa shape index (κ1) is 9.25. The molecule has 2 heterocycles. The first-order chi connectivity index (χ1) is 7.25. The molecule has 76 valence electrons. The average molecular weight is 204 g/mol. The Balaban J connectivity index is 2.24. The van der Waals surface area contributed by atoms with Gasteiger partial charge in [-0.2, -0.15) is 4.80 Å². The molecule has 0 aliphatic heterocycles. The van der Waals surface area contributed by atoms with Crippen molar-refractivity contribution in [2.75, 3.05) is 0 Å². The Labute approximate surface area is 84.4 Å². The topological polar surface area (TPSA) is 96.6 Å². The first-order valence-electron chi connectivity index (χ1n) is 4.14. The summed E-state index contributed by atoms with van der Waals surface area (Å²) < 4.78 is 0. The van der Waals surface area contributed by atoms with E-state index < -0.39 is 12.5 Å². The lowest BCUT2D eigenvalue weighted by Gasteiger charge is -1.97. The van der Waals surface area contributed by atoms with Gasteiger partial charge in [0, 0.05) is 18.0 Å². The van der Waals surface area contributed by atoms with Crippen LogP contribution in [0.5, 0.6) is 0 Å². The fraction of sp³-hybridized carbons (Fsp3) is 0.125. The second-order valence-corrected chi connectivity index (χ2v) is 2.75. The van der Waals surface area contributed by atoms with Crippen molar-refractivity contribution in [2.24, 2.45) is 0 Å². The van der Waals surface area contributed by atoms with Crippen LogP contribution < -0.4 is 5.11 Å². The van der Waals surface area contributed by atoms with Crippen molar-refractivity contribution in [3.05, 3.63) is 24.5 Å². The predicted molar refractivity (Wildman–Crippen MR) is 46.1 cm³/mol. The van der Waals surface area contributed by atoms with Gasteiger partial charge in [-0.3, -0.25) is 4.98 Å². The molecule has 0 aromatic carbocycles. The molecule has 0 fully saturated rings. The molecule has 0 saturated heterocycles. The van der Waals surface area contributed by atoms with E-state index in [0.29, 0.717) is 5.82 Å². The maximum Gasteiger partial charge on any atom is 0.205 e. The number of hydrogen-bond acceptors (Lipinski definition) is 6. The van der Waals surface area contributed by atoms with Crippen molar-refractivity contribution in [2.45, 2.75) is 6.54 Å². The van der Waals surface area contributed by atoms with Gasteiger partial charge in [-0.1, -0.05) is 0 Å². The van der Waals surface area contributed by atoms with Crippen LogP contribution in [-0.2, 0) is 11.3 Å². The van der Waals surface area contributed by atoms with Gasteiger partial charge >= 0.3 is 0 Å². The van der Waals surface area contributed by atoms with Crippen LogP contribution in [0.25, 0.3) is 11.4 Å². The van der Waals surface area contributed by atoms with Crippen LogP contribution in [0.3, 0.4) is 0 Å². The van der Waals surface area contributed by atoms with E-state index in [1.165, 1.54) is 0 Å². The highest BCUT2D eigenvalue weighted by molar-refractivity contribution is 5.63. The molecule has 0 saturated carbocycles. The fourth-order valence-corrected chi connectivity index (χ4v) is 1.04. The molecule has 15 heavy (non-hydrogen) atoms. The number of aromatic nitrogens is 5. The van der Waals surface area contributed by atoms with Gasteiger partial charge in [-0.15, -0.1) is 10.2 Å². The smallest absolute Gasteiger partial charge is 0.205 e. The van der Waals surface area contributed by atoms with Gasteiger partial charge in [-0.25, -0.2) is 0 Å². The van der Waals surface area contributed by atoms with E-state index in [9.17, 15) is 9.90 Å². The average Bonchev–Trinajstić information content (AvgIpc) is 2.67. The van der Waals surface area contributed by atoms with Crippen molar-refractivity contribution in [1.29, 1.82) is 0 Å². The standard InChI is InChI=1S/C8H7N5O2/c14-7(15)5-13-11-8(10-12-13)6-1-3-9-4-2-6/h1-4H,5H2,(H,14,15)/p-1. The Kier molecular flexibility index (Phi) is 2.36. The Morgan fingerprint density at radius 2 is 2.13 bits per heavy atom. The lowest BCUT2D eigenvalue weighted by Crippen LogP contribution is -2.28. The molecule has 0 aliphatic carbocycles. The van der Waals surface area contributed by atoms with Crippen LogP contribution in [-0.4, -0.2) is 31.2 Å². The Morgan fingerprint density at radius 3 is 2.80 bits per heavy atom. The van der Waals surface area contributed by atoms with Crippen LogP contribution in [0, 0.1) is 0 Å². The van der Waals surface area contributed by atoms with Crippen LogP contribution in [0.1, 0.15) is 0 Å².